The number of carbonyl (C=O) groups is 1. The van der Waals surface area contributed by atoms with Crippen molar-refractivity contribution in [3.05, 3.63) is 40.7 Å². The Bertz CT molecular complexity index is 357. The summed E-state index contributed by atoms with van der Waals surface area (Å²) in [6, 6.07) is 6.79. The van der Waals surface area contributed by atoms with Crippen LogP contribution < -0.4 is 5.32 Å². The van der Waals surface area contributed by atoms with Gasteiger partial charge in [-0.15, -0.1) is 0 Å². The highest BCUT2D eigenvalue weighted by molar-refractivity contribution is 6.30. The van der Waals surface area contributed by atoms with Crippen LogP contribution >= 0.6 is 11.6 Å². The summed E-state index contributed by atoms with van der Waals surface area (Å²) in [4.78, 5) is 13.9. The van der Waals surface area contributed by atoms with Gasteiger partial charge in [0.15, 0.2) is 0 Å². The molecule has 4 heteroatoms. The third-order valence-corrected chi connectivity index (χ3v) is 1.57. The lowest BCUT2D eigenvalue weighted by Crippen LogP contribution is -2.13. The van der Waals surface area contributed by atoms with Crippen molar-refractivity contribution in [2.75, 3.05) is 11.9 Å². The Kier molecular flexibility index (Phi) is 3.30. The lowest BCUT2D eigenvalue weighted by atomic mass is 10.3. The minimum atomic E-state index is -0.322. The van der Waals surface area contributed by atoms with E-state index >= 15 is 0 Å². The highest BCUT2D eigenvalue weighted by Crippen LogP contribution is 2.14. The number of nitrogens with one attached hydrogen (secondary N) is 1. The zero-order valence-corrected chi connectivity index (χ0v) is 7.51. The van der Waals surface area contributed by atoms with Crippen LogP contribution in [0.1, 0.15) is 0 Å². The molecular weight excluding hydrogens is 188 g/mol. The molecule has 0 spiro atoms. The molecule has 0 aliphatic rings. The minimum Gasteiger partial charge on any atom is -0.320 e. The summed E-state index contributed by atoms with van der Waals surface area (Å²) < 4.78 is 0. The molecule has 0 radical (unpaired) electrons. The first-order valence-electron chi connectivity index (χ1n) is 3.61. The van der Waals surface area contributed by atoms with Gasteiger partial charge in [0, 0.05) is 10.7 Å². The van der Waals surface area contributed by atoms with Gasteiger partial charge < -0.3 is 10.2 Å². The first-order valence-corrected chi connectivity index (χ1v) is 3.99. The largest absolute Gasteiger partial charge is 0.320 e. The number of carbonyl (C=O) groups excluding carboxylic acids is 1. The standard InChI is InChI=1S/C9H7ClN2O/c1-11-6-9(13)12-8-4-2-3-7(10)5-8/h2-5H,6H2,(H,12,13). The van der Waals surface area contributed by atoms with Gasteiger partial charge in [0.2, 0.25) is 0 Å². The summed E-state index contributed by atoms with van der Waals surface area (Å²) in [7, 11) is 0. The highest BCUT2D eigenvalue weighted by Gasteiger charge is 2.03. The van der Waals surface area contributed by atoms with Crippen LogP contribution in [-0.2, 0) is 4.79 Å². The van der Waals surface area contributed by atoms with Crippen LogP contribution in [0, 0.1) is 6.57 Å². The molecule has 0 fully saturated rings. The Hall–Kier alpha value is -1.53. The number of hydrogen-bond donors (Lipinski definition) is 1. The van der Waals surface area contributed by atoms with Gasteiger partial charge in [0.25, 0.3) is 6.54 Å². The average Bonchev–Trinajstić information content (AvgIpc) is 2.04. The molecule has 0 unspecified atom stereocenters. The summed E-state index contributed by atoms with van der Waals surface area (Å²) >= 11 is 5.69. The third kappa shape index (κ3) is 3.14. The van der Waals surface area contributed by atoms with Gasteiger partial charge in [-0.3, -0.25) is 4.79 Å². The van der Waals surface area contributed by atoms with Crippen LogP contribution in [0.15, 0.2) is 24.3 Å². The van der Waals surface area contributed by atoms with Crippen LogP contribution in [0.3, 0.4) is 0 Å². The number of hydrogen-bond acceptors (Lipinski definition) is 1. The summed E-state index contributed by atoms with van der Waals surface area (Å²) in [5, 5.41) is 3.10. The number of benzene rings is 1. The molecule has 1 aromatic rings. The topological polar surface area (TPSA) is 33.5 Å². The van der Waals surface area contributed by atoms with E-state index in [0.29, 0.717) is 10.7 Å². The molecule has 0 aliphatic carbocycles. The molecule has 1 N–H and O–H groups in total. The Balaban J connectivity index is 2.65. The fourth-order valence-corrected chi connectivity index (χ4v) is 1.03. The number of rotatable bonds is 2. The zero-order chi connectivity index (χ0) is 9.68. The number of nitrogens with zero attached hydrogens (tertiary/aromatic N) is 1. The molecule has 66 valence electrons. The second kappa shape index (κ2) is 4.48. The summed E-state index contributed by atoms with van der Waals surface area (Å²) in [5.74, 6) is -0.322. The van der Waals surface area contributed by atoms with E-state index in [2.05, 4.69) is 10.2 Å². The molecule has 3 nitrogen and oxygen atoms in total. The maximum absolute atomic E-state index is 11.0. The van der Waals surface area contributed by atoms with Crippen molar-refractivity contribution in [3.63, 3.8) is 0 Å². The molecule has 0 bridgehead atoms. The van der Waals surface area contributed by atoms with Crippen LogP contribution in [0.2, 0.25) is 5.02 Å². The van der Waals surface area contributed by atoms with E-state index < -0.39 is 0 Å². The molecule has 1 aromatic carbocycles. The van der Waals surface area contributed by atoms with E-state index in [1.807, 2.05) is 0 Å². The van der Waals surface area contributed by atoms with E-state index in [9.17, 15) is 4.79 Å². The van der Waals surface area contributed by atoms with Crippen molar-refractivity contribution in [2.24, 2.45) is 0 Å². The quantitative estimate of drug-likeness (QED) is 0.720. The van der Waals surface area contributed by atoms with Crippen LogP contribution in [-0.4, -0.2) is 12.5 Å². The molecule has 1 rings (SSSR count). The molecule has 0 saturated carbocycles. The fourth-order valence-electron chi connectivity index (χ4n) is 0.839. The monoisotopic (exact) mass is 194 g/mol. The highest BCUT2D eigenvalue weighted by atomic mass is 35.5. The molecule has 0 aromatic heterocycles. The molecule has 0 aliphatic heterocycles. The van der Waals surface area contributed by atoms with Gasteiger partial charge in [0.05, 0.1) is 0 Å². The van der Waals surface area contributed by atoms with Crippen molar-refractivity contribution in [2.45, 2.75) is 0 Å². The number of amides is 1. The average molecular weight is 195 g/mol. The van der Waals surface area contributed by atoms with Crippen LogP contribution in [0.4, 0.5) is 5.69 Å². The Labute approximate surface area is 81.1 Å². The second-order valence-electron chi connectivity index (χ2n) is 2.37. The van der Waals surface area contributed by atoms with E-state index in [1.54, 1.807) is 24.3 Å². The van der Waals surface area contributed by atoms with Crippen LogP contribution in [0.5, 0.6) is 0 Å². The number of halogens is 1. The van der Waals surface area contributed by atoms with Crippen molar-refractivity contribution >= 4 is 23.2 Å². The normalized spacial score (nSPS) is 8.92. The van der Waals surface area contributed by atoms with E-state index in [1.165, 1.54) is 0 Å². The van der Waals surface area contributed by atoms with Crippen molar-refractivity contribution in [1.29, 1.82) is 0 Å². The fraction of sp³-hybridized carbons (Fsp3) is 0.111. The smallest absolute Gasteiger partial charge is 0.304 e. The predicted octanol–water partition coefficient (Wildman–Crippen LogP) is 2.20. The van der Waals surface area contributed by atoms with Gasteiger partial charge in [-0.05, 0) is 18.2 Å². The Morgan fingerprint density at radius 2 is 2.38 bits per heavy atom. The van der Waals surface area contributed by atoms with E-state index in [4.69, 9.17) is 18.2 Å². The zero-order valence-electron chi connectivity index (χ0n) is 6.75. The second-order valence-corrected chi connectivity index (χ2v) is 2.81. The minimum absolute atomic E-state index is 0.160. The number of anilines is 1. The van der Waals surface area contributed by atoms with Gasteiger partial charge in [-0.25, -0.2) is 6.57 Å². The van der Waals surface area contributed by atoms with Gasteiger partial charge in [0.1, 0.15) is 0 Å². The molecular formula is C9H7ClN2O. The Morgan fingerprint density at radius 3 is 3.00 bits per heavy atom. The summed E-state index contributed by atoms with van der Waals surface area (Å²) in [6.07, 6.45) is 0. The maximum atomic E-state index is 11.0. The lowest BCUT2D eigenvalue weighted by molar-refractivity contribution is -0.114. The molecule has 13 heavy (non-hydrogen) atoms. The molecule has 0 heterocycles. The summed E-state index contributed by atoms with van der Waals surface area (Å²) in [5.41, 5.74) is 0.612. The van der Waals surface area contributed by atoms with Crippen molar-refractivity contribution in [1.82, 2.24) is 0 Å². The predicted molar refractivity (Wildman–Crippen MR) is 51.6 cm³/mol. The summed E-state index contributed by atoms with van der Waals surface area (Å²) in [6.45, 7) is 6.32. The van der Waals surface area contributed by atoms with Gasteiger partial charge >= 0.3 is 5.91 Å². The van der Waals surface area contributed by atoms with E-state index in [-0.39, 0.29) is 12.5 Å². The first-order chi connectivity index (χ1) is 6.22. The molecule has 0 atom stereocenters. The van der Waals surface area contributed by atoms with Gasteiger partial charge in [-0.1, -0.05) is 17.7 Å². The van der Waals surface area contributed by atoms with E-state index in [0.717, 1.165) is 0 Å². The molecule has 1 amide bonds. The van der Waals surface area contributed by atoms with Crippen molar-refractivity contribution < 1.29 is 4.79 Å². The third-order valence-electron chi connectivity index (χ3n) is 1.33. The molecule has 0 saturated heterocycles. The first kappa shape index (κ1) is 9.56. The van der Waals surface area contributed by atoms with Crippen molar-refractivity contribution in [3.8, 4) is 0 Å². The van der Waals surface area contributed by atoms with Gasteiger partial charge in [-0.2, -0.15) is 0 Å². The SMILES string of the molecule is [C-]#[N+]CC(=O)Nc1cccc(Cl)c1. The Morgan fingerprint density at radius 1 is 1.62 bits per heavy atom. The van der Waals surface area contributed by atoms with Crippen LogP contribution in [0.25, 0.3) is 4.85 Å². The lowest BCUT2D eigenvalue weighted by Gasteiger charge is -2.00. The maximum Gasteiger partial charge on any atom is 0.304 e.